The Morgan fingerprint density at radius 2 is 2.18 bits per heavy atom. The van der Waals surface area contributed by atoms with Crippen molar-refractivity contribution in [3.63, 3.8) is 0 Å². The van der Waals surface area contributed by atoms with Gasteiger partial charge in [-0.3, -0.25) is 0 Å². The molecule has 1 aromatic carbocycles. The number of thioether (sulfide) groups is 1. The van der Waals surface area contributed by atoms with E-state index < -0.39 is 0 Å². The zero-order valence-corrected chi connectivity index (χ0v) is 7.11. The van der Waals surface area contributed by atoms with Crippen LogP contribution in [0.2, 0.25) is 0 Å². The minimum absolute atomic E-state index is 0.682. The van der Waals surface area contributed by atoms with E-state index in [-0.39, 0.29) is 0 Å². The number of nitrogens with zero attached hydrogens (tertiary/aromatic N) is 1. The first-order chi connectivity index (χ1) is 5.26. The second kappa shape index (κ2) is 3.45. The Hall–Kier alpha value is -0.940. The smallest absolute Gasteiger partial charge is 0.0992 e. The Kier molecular flexibility index (Phi) is 2.56. The quantitative estimate of drug-likeness (QED) is 0.592. The second-order valence-corrected chi connectivity index (χ2v) is 3.06. The van der Waals surface area contributed by atoms with Gasteiger partial charge in [-0.05, 0) is 36.9 Å². The highest BCUT2D eigenvalue weighted by atomic mass is 32.2. The zero-order chi connectivity index (χ0) is 8.27. The topological polar surface area (TPSA) is 23.8 Å². The molecule has 1 aromatic rings. The standard InChI is InChI=1S/C9H8NS/c1-7-3-8(6-10)5-9(4-7)11-2/h3-5H,1H2,2H3. The molecule has 0 unspecified atom stereocenters. The fraction of sp³-hybridized carbons (Fsp3) is 0.111. The first kappa shape index (κ1) is 8.16. The SMILES string of the molecule is [CH2]c1cc(C#N)cc(SC)c1. The number of benzene rings is 1. The van der Waals surface area contributed by atoms with Crippen molar-refractivity contribution in [1.82, 2.24) is 0 Å². The minimum Gasteiger partial charge on any atom is -0.192 e. The van der Waals surface area contributed by atoms with E-state index in [1.807, 2.05) is 18.4 Å². The maximum atomic E-state index is 8.59. The summed E-state index contributed by atoms with van der Waals surface area (Å²) in [6.45, 7) is 3.77. The van der Waals surface area contributed by atoms with Crippen molar-refractivity contribution in [2.75, 3.05) is 6.26 Å². The molecule has 0 heterocycles. The maximum Gasteiger partial charge on any atom is 0.0992 e. The summed E-state index contributed by atoms with van der Waals surface area (Å²) in [5.74, 6) is 0. The molecule has 0 saturated heterocycles. The van der Waals surface area contributed by atoms with Crippen molar-refractivity contribution < 1.29 is 0 Å². The van der Waals surface area contributed by atoms with Crippen molar-refractivity contribution in [2.45, 2.75) is 4.90 Å². The lowest BCUT2D eigenvalue weighted by molar-refractivity contribution is 1.38. The first-order valence-electron chi connectivity index (χ1n) is 3.17. The fourth-order valence-corrected chi connectivity index (χ4v) is 1.36. The predicted octanol–water partition coefficient (Wildman–Crippen LogP) is 2.46. The van der Waals surface area contributed by atoms with Gasteiger partial charge in [0.25, 0.3) is 0 Å². The molecular formula is C9H8NS. The van der Waals surface area contributed by atoms with Gasteiger partial charge in [0.15, 0.2) is 0 Å². The lowest BCUT2D eigenvalue weighted by Crippen LogP contribution is -1.79. The fourth-order valence-electron chi connectivity index (χ4n) is 0.843. The molecular weight excluding hydrogens is 154 g/mol. The lowest BCUT2D eigenvalue weighted by atomic mass is 10.2. The van der Waals surface area contributed by atoms with Crippen LogP contribution >= 0.6 is 11.8 Å². The third kappa shape index (κ3) is 1.99. The van der Waals surface area contributed by atoms with E-state index in [0.717, 1.165) is 10.5 Å². The zero-order valence-electron chi connectivity index (χ0n) is 6.29. The summed E-state index contributed by atoms with van der Waals surface area (Å²) in [4.78, 5) is 1.09. The Balaban J connectivity index is 3.15. The van der Waals surface area contributed by atoms with Gasteiger partial charge in [-0.2, -0.15) is 5.26 Å². The van der Waals surface area contributed by atoms with Crippen LogP contribution in [0.25, 0.3) is 0 Å². The molecule has 0 amide bonds. The van der Waals surface area contributed by atoms with Crippen molar-refractivity contribution in [2.24, 2.45) is 0 Å². The second-order valence-electron chi connectivity index (χ2n) is 2.18. The first-order valence-corrected chi connectivity index (χ1v) is 4.40. The van der Waals surface area contributed by atoms with E-state index in [1.54, 1.807) is 17.8 Å². The van der Waals surface area contributed by atoms with Crippen LogP contribution in [-0.4, -0.2) is 6.26 Å². The van der Waals surface area contributed by atoms with Gasteiger partial charge in [-0.15, -0.1) is 11.8 Å². The Bertz CT molecular complexity index is 299. The molecule has 0 fully saturated rings. The van der Waals surface area contributed by atoms with Crippen molar-refractivity contribution >= 4 is 11.8 Å². The summed E-state index contributed by atoms with van der Waals surface area (Å²) < 4.78 is 0. The van der Waals surface area contributed by atoms with Crippen LogP contribution in [0, 0.1) is 18.3 Å². The number of hydrogen-bond acceptors (Lipinski definition) is 2. The molecule has 1 radical (unpaired) electrons. The van der Waals surface area contributed by atoms with E-state index in [4.69, 9.17) is 5.26 Å². The molecule has 0 N–H and O–H groups in total. The monoisotopic (exact) mass is 162 g/mol. The van der Waals surface area contributed by atoms with Crippen molar-refractivity contribution in [1.29, 1.82) is 5.26 Å². The molecule has 0 spiro atoms. The van der Waals surface area contributed by atoms with Crippen LogP contribution in [0.1, 0.15) is 11.1 Å². The van der Waals surface area contributed by atoms with Crippen LogP contribution in [0.15, 0.2) is 23.1 Å². The van der Waals surface area contributed by atoms with Gasteiger partial charge in [-0.25, -0.2) is 0 Å². The van der Waals surface area contributed by atoms with Crippen LogP contribution in [0.5, 0.6) is 0 Å². The van der Waals surface area contributed by atoms with E-state index >= 15 is 0 Å². The molecule has 1 nitrogen and oxygen atoms in total. The Morgan fingerprint density at radius 3 is 2.73 bits per heavy atom. The number of nitriles is 1. The van der Waals surface area contributed by atoms with Gasteiger partial charge in [0.05, 0.1) is 11.6 Å². The third-order valence-corrected chi connectivity index (χ3v) is 2.04. The lowest BCUT2D eigenvalue weighted by Gasteiger charge is -1.98. The number of hydrogen-bond donors (Lipinski definition) is 0. The molecule has 0 bridgehead atoms. The third-order valence-electron chi connectivity index (χ3n) is 1.33. The molecule has 0 aliphatic carbocycles. The highest BCUT2D eigenvalue weighted by Crippen LogP contribution is 2.17. The van der Waals surface area contributed by atoms with Crippen LogP contribution < -0.4 is 0 Å². The van der Waals surface area contributed by atoms with Gasteiger partial charge in [0, 0.05) is 4.90 Å². The highest BCUT2D eigenvalue weighted by molar-refractivity contribution is 7.98. The predicted molar refractivity (Wildman–Crippen MR) is 47.4 cm³/mol. The van der Waals surface area contributed by atoms with Crippen molar-refractivity contribution in [3.8, 4) is 6.07 Å². The van der Waals surface area contributed by atoms with Crippen LogP contribution in [0.3, 0.4) is 0 Å². The average molecular weight is 162 g/mol. The largest absolute Gasteiger partial charge is 0.192 e. The molecule has 2 heteroatoms. The van der Waals surface area contributed by atoms with Gasteiger partial charge in [0.2, 0.25) is 0 Å². The van der Waals surface area contributed by atoms with Gasteiger partial charge in [-0.1, -0.05) is 0 Å². The van der Waals surface area contributed by atoms with Gasteiger partial charge in [0.1, 0.15) is 0 Å². The van der Waals surface area contributed by atoms with Crippen LogP contribution in [0.4, 0.5) is 0 Å². The molecule has 1 rings (SSSR count). The minimum atomic E-state index is 0.682. The molecule has 0 atom stereocenters. The maximum absolute atomic E-state index is 8.59. The molecule has 11 heavy (non-hydrogen) atoms. The Labute approximate surface area is 71.0 Å². The normalized spacial score (nSPS) is 9.18. The van der Waals surface area contributed by atoms with Crippen LogP contribution in [-0.2, 0) is 0 Å². The van der Waals surface area contributed by atoms with Gasteiger partial charge >= 0.3 is 0 Å². The molecule has 0 aliphatic heterocycles. The average Bonchev–Trinajstić information content (AvgIpc) is 2.03. The highest BCUT2D eigenvalue weighted by Gasteiger charge is 1.95. The molecule has 0 aromatic heterocycles. The van der Waals surface area contributed by atoms with Gasteiger partial charge < -0.3 is 0 Å². The van der Waals surface area contributed by atoms with Crippen molar-refractivity contribution in [3.05, 3.63) is 36.2 Å². The summed E-state index contributed by atoms with van der Waals surface area (Å²) in [7, 11) is 0. The summed E-state index contributed by atoms with van der Waals surface area (Å²) >= 11 is 1.62. The molecule has 55 valence electrons. The summed E-state index contributed by atoms with van der Waals surface area (Å²) in [6.07, 6.45) is 1.98. The molecule has 0 aliphatic rings. The van der Waals surface area contributed by atoms with E-state index in [0.29, 0.717) is 5.56 Å². The summed E-state index contributed by atoms with van der Waals surface area (Å²) in [5.41, 5.74) is 1.58. The molecule has 0 saturated carbocycles. The van der Waals surface area contributed by atoms with E-state index in [9.17, 15) is 0 Å². The summed E-state index contributed by atoms with van der Waals surface area (Å²) in [6, 6.07) is 7.69. The van der Waals surface area contributed by atoms with E-state index in [1.165, 1.54) is 0 Å². The Morgan fingerprint density at radius 1 is 1.45 bits per heavy atom. The summed E-state index contributed by atoms with van der Waals surface area (Å²) in [5, 5.41) is 8.59. The number of rotatable bonds is 1. The van der Waals surface area contributed by atoms with E-state index in [2.05, 4.69) is 13.0 Å².